The normalized spacial score (nSPS) is 8.67. The van der Waals surface area contributed by atoms with Crippen molar-refractivity contribution in [3.05, 3.63) is 45.6 Å². The van der Waals surface area contributed by atoms with E-state index in [1.54, 1.807) is 6.07 Å². The highest BCUT2D eigenvalue weighted by atomic mass is 19.1. The minimum atomic E-state index is -0.292. The van der Waals surface area contributed by atoms with Crippen LogP contribution in [0.25, 0.3) is 10.4 Å². The Hall–Kier alpha value is -1.98. The van der Waals surface area contributed by atoms with Gasteiger partial charge < -0.3 is 0 Å². The van der Waals surface area contributed by atoms with E-state index in [0.29, 0.717) is 18.5 Å². The van der Waals surface area contributed by atoms with Gasteiger partial charge in [-0.2, -0.15) is 0 Å². The third-order valence-corrected chi connectivity index (χ3v) is 1.82. The second-order valence-electron chi connectivity index (χ2n) is 2.97. The summed E-state index contributed by atoms with van der Waals surface area (Å²) in [7, 11) is 0. The van der Waals surface area contributed by atoms with Gasteiger partial charge in [0.15, 0.2) is 0 Å². The van der Waals surface area contributed by atoms with E-state index in [9.17, 15) is 4.39 Å². The van der Waals surface area contributed by atoms with Gasteiger partial charge in [-0.1, -0.05) is 23.0 Å². The topological polar surface area (TPSA) is 48.8 Å². The van der Waals surface area contributed by atoms with Crippen LogP contribution in [0.3, 0.4) is 0 Å². The standard InChI is InChI=1S/C11H10FN3/c1-9-5-6-11(12)8-10(9)4-2-3-7-14-15-13/h5-6,8H,3,7H2,1H3. The van der Waals surface area contributed by atoms with Crippen molar-refractivity contribution in [2.45, 2.75) is 13.3 Å². The largest absolute Gasteiger partial charge is 0.207 e. The van der Waals surface area contributed by atoms with Crippen LogP contribution in [0, 0.1) is 24.6 Å². The third kappa shape index (κ3) is 3.72. The summed E-state index contributed by atoms with van der Waals surface area (Å²) in [4.78, 5) is 2.61. The average molecular weight is 203 g/mol. The van der Waals surface area contributed by atoms with Crippen LogP contribution in [0.4, 0.5) is 4.39 Å². The minimum Gasteiger partial charge on any atom is -0.207 e. The summed E-state index contributed by atoms with van der Waals surface area (Å²) >= 11 is 0. The monoisotopic (exact) mass is 203 g/mol. The minimum absolute atomic E-state index is 0.292. The van der Waals surface area contributed by atoms with Crippen LogP contribution < -0.4 is 0 Å². The van der Waals surface area contributed by atoms with Crippen LogP contribution in [0.5, 0.6) is 0 Å². The summed E-state index contributed by atoms with van der Waals surface area (Å²) in [6, 6.07) is 4.49. The van der Waals surface area contributed by atoms with Crippen molar-refractivity contribution < 1.29 is 4.39 Å². The van der Waals surface area contributed by atoms with Crippen molar-refractivity contribution in [1.82, 2.24) is 0 Å². The number of hydrogen-bond acceptors (Lipinski definition) is 1. The first-order chi connectivity index (χ1) is 7.24. The molecule has 0 N–H and O–H groups in total. The quantitative estimate of drug-likeness (QED) is 0.233. The van der Waals surface area contributed by atoms with Crippen molar-refractivity contribution in [3.63, 3.8) is 0 Å². The van der Waals surface area contributed by atoms with Gasteiger partial charge >= 0.3 is 0 Å². The molecule has 1 aromatic carbocycles. The van der Waals surface area contributed by atoms with Gasteiger partial charge in [-0.25, -0.2) is 4.39 Å². The molecule has 15 heavy (non-hydrogen) atoms. The molecule has 0 aliphatic rings. The van der Waals surface area contributed by atoms with Crippen molar-refractivity contribution >= 4 is 0 Å². The van der Waals surface area contributed by atoms with Gasteiger partial charge in [0, 0.05) is 23.4 Å². The molecule has 0 aromatic heterocycles. The zero-order chi connectivity index (χ0) is 11.1. The average Bonchev–Trinajstić information content (AvgIpc) is 2.23. The van der Waals surface area contributed by atoms with Gasteiger partial charge in [0.2, 0.25) is 0 Å². The molecule has 0 atom stereocenters. The van der Waals surface area contributed by atoms with Crippen LogP contribution in [0.1, 0.15) is 17.5 Å². The van der Waals surface area contributed by atoms with Gasteiger partial charge in [0.05, 0.1) is 0 Å². The Balaban J connectivity index is 2.70. The number of benzene rings is 1. The molecule has 0 heterocycles. The summed E-state index contributed by atoms with van der Waals surface area (Å²) in [5.41, 5.74) is 9.64. The molecule has 0 saturated carbocycles. The molecule has 1 aromatic rings. The Bertz CT molecular complexity index is 451. The summed E-state index contributed by atoms with van der Waals surface area (Å²) in [6.07, 6.45) is 0.486. The SMILES string of the molecule is Cc1ccc(F)cc1C#CCCN=[N+]=[N-]. The fourth-order valence-electron chi connectivity index (χ4n) is 1.04. The third-order valence-electron chi connectivity index (χ3n) is 1.82. The number of hydrogen-bond donors (Lipinski definition) is 0. The molecule has 0 aliphatic heterocycles. The lowest BCUT2D eigenvalue weighted by Crippen LogP contribution is -1.84. The van der Waals surface area contributed by atoms with Gasteiger partial charge in [0.1, 0.15) is 5.82 Å². The lowest BCUT2D eigenvalue weighted by Gasteiger charge is -1.96. The second kappa shape index (κ2) is 5.69. The van der Waals surface area contributed by atoms with Crippen molar-refractivity contribution in [2.75, 3.05) is 6.54 Å². The van der Waals surface area contributed by atoms with Crippen LogP contribution in [-0.4, -0.2) is 6.54 Å². The molecule has 0 bridgehead atoms. The Labute approximate surface area is 87.6 Å². The fourth-order valence-corrected chi connectivity index (χ4v) is 1.04. The van der Waals surface area contributed by atoms with E-state index in [0.717, 1.165) is 5.56 Å². The van der Waals surface area contributed by atoms with Crippen molar-refractivity contribution in [1.29, 1.82) is 0 Å². The predicted octanol–water partition coefficient (Wildman–Crippen LogP) is 3.19. The van der Waals surface area contributed by atoms with Crippen LogP contribution >= 0.6 is 0 Å². The maximum atomic E-state index is 12.8. The molecule has 4 heteroatoms. The van der Waals surface area contributed by atoms with E-state index < -0.39 is 0 Å². The van der Waals surface area contributed by atoms with Crippen molar-refractivity contribution in [3.8, 4) is 11.8 Å². The Kier molecular flexibility index (Phi) is 4.21. The van der Waals surface area contributed by atoms with E-state index in [1.807, 2.05) is 6.92 Å². The maximum absolute atomic E-state index is 12.8. The Morgan fingerprint density at radius 2 is 2.33 bits per heavy atom. The van der Waals surface area contributed by atoms with Crippen molar-refractivity contribution in [2.24, 2.45) is 5.11 Å². The summed E-state index contributed by atoms with van der Waals surface area (Å²) < 4.78 is 12.8. The first kappa shape index (κ1) is 11.1. The number of rotatable bonds is 2. The first-order valence-electron chi connectivity index (χ1n) is 4.50. The molecule has 76 valence electrons. The van der Waals surface area contributed by atoms with E-state index in [-0.39, 0.29) is 5.82 Å². The number of halogens is 1. The van der Waals surface area contributed by atoms with E-state index >= 15 is 0 Å². The van der Waals surface area contributed by atoms with Gasteiger partial charge in [-0.15, -0.1) is 0 Å². The summed E-state index contributed by atoms with van der Waals surface area (Å²) in [5, 5.41) is 3.35. The van der Waals surface area contributed by atoms with E-state index in [4.69, 9.17) is 5.53 Å². The zero-order valence-electron chi connectivity index (χ0n) is 8.37. The number of azide groups is 1. The first-order valence-corrected chi connectivity index (χ1v) is 4.50. The zero-order valence-corrected chi connectivity index (χ0v) is 8.37. The molecule has 0 saturated heterocycles. The van der Waals surface area contributed by atoms with Crippen LogP contribution in [0.15, 0.2) is 23.3 Å². The molecule has 0 radical (unpaired) electrons. The molecule has 0 spiro atoms. The number of nitrogens with zero attached hydrogens (tertiary/aromatic N) is 3. The molecule has 0 aliphatic carbocycles. The van der Waals surface area contributed by atoms with E-state index in [1.165, 1.54) is 12.1 Å². The van der Waals surface area contributed by atoms with Crippen LogP contribution in [-0.2, 0) is 0 Å². The Morgan fingerprint density at radius 1 is 1.53 bits per heavy atom. The molecule has 1 rings (SSSR count). The maximum Gasteiger partial charge on any atom is 0.124 e. The van der Waals surface area contributed by atoms with Gasteiger partial charge in [0.25, 0.3) is 0 Å². The van der Waals surface area contributed by atoms with Gasteiger partial charge in [-0.3, -0.25) is 0 Å². The Morgan fingerprint density at radius 3 is 3.07 bits per heavy atom. The molecule has 0 unspecified atom stereocenters. The summed E-state index contributed by atoms with van der Waals surface area (Å²) in [6.45, 7) is 2.22. The lowest BCUT2D eigenvalue weighted by atomic mass is 10.1. The van der Waals surface area contributed by atoms with Gasteiger partial charge in [-0.05, 0) is 30.2 Å². The molecular weight excluding hydrogens is 193 g/mol. The smallest absolute Gasteiger partial charge is 0.124 e. The summed E-state index contributed by atoms with van der Waals surface area (Å²) in [5.74, 6) is 5.37. The van der Waals surface area contributed by atoms with Crippen LogP contribution in [0.2, 0.25) is 0 Å². The number of aryl methyl sites for hydroxylation is 1. The fraction of sp³-hybridized carbons (Fsp3) is 0.273. The highest BCUT2D eigenvalue weighted by Crippen LogP contribution is 2.08. The molecule has 3 nitrogen and oxygen atoms in total. The lowest BCUT2D eigenvalue weighted by molar-refractivity contribution is 0.627. The second-order valence-corrected chi connectivity index (χ2v) is 2.97. The predicted molar refractivity (Wildman–Crippen MR) is 56.6 cm³/mol. The highest BCUT2D eigenvalue weighted by molar-refractivity contribution is 5.40. The van der Waals surface area contributed by atoms with E-state index in [2.05, 4.69) is 21.9 Å². The highest BCUT2D eigenvalue weighted by Gasteiger charge is 1.95. The molecular formula is C11H10FN3. The molecule has 0 fully saturated rings. The molecule has 0 amide bonds.